The Kier molecular flexibility index (Phi) is 3.63. The molecule has 1 N–H and O–H groups in total. The predicted octanol–water partition coefficient (Wildman–Crippen LogP) is 2.41. The quantitative estimate of drug-likeness (QED) is 0.872. The Labute approximate surface area is 96.7 Å². The molecule has 0 aliphatic rings. The van der Waals surface area contributed by atoms with Crippen LogP contribution in [-0.2, 0) is 6.42 Å². The van der Waals surface area contributed by atoms with Gasteiger partial charge in [-0.15, -0.1) is 11.3 Å². The van der Waals surface area contributed by atoms with Crippen molar-refractivity contribution in [3.63, 3.8) is 0 Å². The highest BCUT2D eigenvalue weighted by Gasteiger charge is 2.09. The smallest absolute Gasteiger partial charge is 0.163 e. The lowest BCUT2D eigenvalue weighted by molar-refractivity contribution is 0.964. The first-order valence-corrected chi connectivity index (χ1v) is 6.45. The van der Waals surface area contributed by atoms with E-state index in [1.807, 2.05) is 11.6 Å². The van der Waals surface area contributed by atoms with Crippen LogP contribution in [0.2, 0.25) is 0 Å². The Morgan fingerprint density at radius 1 is 1.40 bits per heavy atom. The molecule has 0 saturated carbocycles. The van der Waals surface area contributed by atoms with Crippen molar-refractivity contribution < 1.29 is 0 Å². The zero-order valence-electron chi connectivity index (χ0n) is 8.43. The summed E-state index contributed by atoms with van der Waals surface area (Å²) in [6.45, 7) is 3.07. The molecule has 0 amide bonds. The van der Waals surface area contributed by atoms with Gasteiger partial charge >= 0.3 is 0 Å². The van der Waals surface area contributed by atoms with Crippen molar-refractivity contribution >= 4 is 28.9 Å². The molecule has 0 aromatic carbocycles. The number of nitrogens with one attached hydrogen (secondary N) is 1. The van der Waals surface area contributed by atoms with Gasteiger partial charge in [0, 0.05) is 24.5 Å². The number of hydrogen-bond acceptors (Lipinski definition) is 6. The Balaban J connectivity index is 2.04. The fourth-order valence-corrected chi connectivity index (χ4v) is 2.35. The van der Waals surface area contributed by atoms with Crippen molar-refractivity contribution in [1.82, 2.24) is 13.7 Å². The maximum absolute atomic E-state index is 4.28. The molecule has 80 valence electrons. The summed E-state index contributed by atoms with van der Waals surface area (Å²) in [4.78, 5) is 4.24. The van der Waals surface area contributed by atoms with E-state index in [-0.39, 0.29) is 0 Å². The monoisotopic (exact) mass is 240 g/mol. The standard InChI is InChI=1S/C9H12N4S2/c1-2-3-11-9-7(12-15-13-9)6-8-10-4-5-14-8/h4-5H,2-3,6H2,1H3,(H,11,13). The molecule has 0 aliphatic carbocycles. The van der Waals surface area contributed by atoms with Crippen molar-refractivity contribution in [2.45, 2.75) is 19.8 Å². The minimum Gasteiger partial charge on any atom is -0.368 e. The van der Waals surface area contributed by atoms with Crippen LogP contribution in [0.4, 0.5) is 5.82 Å². The summed E-state index contributed by atoms with van der Waals surface area (Å²) < 4.78 is 8.51. The van der Waals surface area contributed by atoms with Crippen molar-refractivity contribution in [2.75, 3.05) is 11.9 Å². The average Bonchev–Trinajstić information content (AvgIpc) is 2.87. The fourth-order valence-electron chi connectivity index (χ4n) is 1.18. The van der Waals surface area contributed by atoms with E-state index in [9.17, 15) is 0 Å². The number of thiazole rings is 1. The van der Waals surface area contributed by atoms with Crippen molar-refractivity contribution in [2.24, 2.45) is 0 Å². The van der Waals surface area contributed by atoms with Crippen molar-refractivity contribution in [3.8, 4) is 0 Å². The van der Waals surface area contributed by atoms with Crippen LogP contribution in [0.3, 0.4) is 0 Å². The normalized spacial score (nSPS) is 10.5. The molecule has 2 aromatic heterocycles. The molecule has 2 heterocycles. The highest BCUT2D eigenvalue weighted by Crippen LogP contribution is 2.17. The summed E-state index contributed by atoms with van der Waals surface area (Å²) in [6.07, 6.45) is 3.69. The van der Waals surface area contributed by atoms with E-state index in [0.29, 0.717) is 0 Å². The third-order valence-electron chi connectivity index (χ3n) is 1.90. The van der Waals surface area contributed by atoms with Gasteiger partial charge in [0.2, 0.25) is 0 Å². The van der Waals surface area contributed by atoms with Gasteiger partial charge in [-0.05, 0) is 6.42 Å². The molecular formula is C9H12N4S2. The van der Waals surface area contributed by atoms with Crippen LogP contribution in [0.5, 0.6) is 0 Å². The third kappa shape index (κ3) is 2.73. The first-order chi connectivity index (χ1) is 7.40. The zero-order valence-corrected chi connectivity index (χ0v) is 10.1. The van der Waals surface area contributed by atoms with E-state index >= 15 is 0 Å². The van der Waals surface area contributed by atoms with Crippen molar-refractivity contribution in [3.05, 3.63) is 22.3 Å². The molecule has 6 heteroatoms. The second kappa shape index (κ2) is 5.18. The molecule has 0 radical (unpaired) electrons. The van der Waals surface area contributed by atoms with Gasteiger partial charge in [0.25, 0.3) is 0 Å². The molecule has 0 unspecified atom stereocenters. The van der Waals surface area contributed by atoms with Crippen LogP contribution < -0.4 is 5.32 Å². The van der Waals surface area contributed by atoms with Gasteiger partial charge < -0.3 is 5.32 Å². The van der Waals surface area contributed by atoms with Gasteiger partial charge in [0.05, 0.1) is 16.7 Å². The number of rotatable bonds is 5. The predicted molar refractivity (Wildman–Crippen MR) is 63.6 cm³/mol. The number of anilines is 1. The van der Waals surface area contributed by atoms with E-state index in [0.717, 1.165) is 35.9 Å². The van der Waals surface area contributed by atoms with Crippen LogP contribution >= 0.6 is 23.1 Å². The molecule has 2 rings (SSSR count). The lowest BCUT2D eigenvalue weighted by atomic mass is 10.3. The van der Waals surface area contributed by atoms with Crippen LogP contribution in [0, 0.1) is 0 Å². The maximum atomic E-state index is 4.28. The summed E-state index contributed by atoms with van der Waals surface area (Å²) in [7, 11) is 0. The minimum atomic E-state index is 0.778. The summed E-state index contributed by atoms with van der Waals surface area (Å²) in [5, 5.41) is 6.33. The van der Waals surface area contributed by atoms with Gasteiger partial charge in [-0.1, -0.05) is 6.92 Å². The second-order valence-corrected chi connectivity index (χ2v) is 4.60. The molecule has 0 spiro atoms. The Morgan fingerprint density at radius 2 is 2.33 bits per heavy atom. The van der Waals surface area contributed by atoms with Crippen LogP contribution in [0.25, 0.3) is 0 Å². The summed E-state index contributed by atoms with van der Waals surface area (Å²) in [6, 6.07) is 0. The Hall–Kier alpha value is -1.01. The highest BCUT2D eigenvalue weighted by atomic mass is 32.1. The number of nitrogens with zero attached hydrogens (tertiary/aromatic N) is 3. The van der Waals surface area contributed by atoms with E-state index in [2.05, 4.69) is 26.0 Å². The molecule has 0 saturated heterocycles. The van der Waals surface area contributed by atoms with Crippen molar-refractivity contribution in [1.29, 1.82) is 0 Å². The number of hydrogen-bond donors (Lipinski definition) is 1. The largest absolute Gasteiger partial charge is 0.368 e. The average molecular weight is 240 g/mol. The molecule has 0 aliphatic heterocycles. The lowest BCUT2D eigenvalue weighted by Crippen LogP contribution is -2.03. The van der Waals surface area contributed by atoms with Crippen LogP contribution in [0.1, 0.15) is 24.0 Å². The second-order valence-electron chi connectivity index (χ2n) is 3.09. The van der Waals surface area contributed by atoms with Gasteiger partial charge in [0.15, 0.2) is 5.82 Å². The molecule has 2 aromatic rings. The maximum Gasteiger partial charge on any atom is 0.163 e. The minimum absolute atomic E-state index is 0.778. The summed E-state index contributed by atoms with van der Waals surface area (Å²) >= 11 is 2.90. The SMILES string of the molecule is CCCNc1nsnc1Cc1nccs1. The summed E-state index contributed by atoms with van der Waals surface area (Å²) in [5.41, 5.74) is 1.00. The molecular weight excluding hydrogens is 228 g/mol. The van der Waals surface area contributed by atoms with E-state index in [1.54, 1.807) is 11.3 Å². The Bertz CT molecular complexity index is 396. The summed E-state index contributed by atoms with van der Waals surface area (Å²) in [5.74, 6) is 0.914. The molecule has 4 nitrogen and oxygen atoms in total. The van der Waals surface area contributed by atoms with E-state index < -0.39 is 0 Å². The Morgan fingerprint density at radius 3 is 3.07 bits per heavy atom. The topological polar surface area (TPSA) is 50.7 Å². The first-order valence-electron chi connectivity index (χ1n) is 4.84. The van der Waals surface area contributed by atoms with Crippen LogP contribution in [-0.4, -0.2) is 20.3 Å². The van der Waals surface area contributed by atoms with Gasteiger partial charge in [-0.3, -0.25) is 0 Å². The van der Waals surface area contributed by atoms with Gasteiger partial charge in [0.1, 0.15) is 5.69 Å². The third-order valence-corrected chi connectivity index (χ3v) is 3.25. The first kappa shape index (κ1) is 10.5. The van der Waals surface area contributed by atoms with E-state index in [1.165, 1.54) is 11.7 Å². The van der Waals surface area contributed by atoms with Crippen LogP contribution in [0.15, 0.2) is 11.6 Å². The number of aromatic nitrogens is 3. The zero-order chi connectivity index (χ0) is 10.5. The fraction of sp³-hybridized carbons (Fsp3) is 0.444. The lowest BCUT2D eigenvalue weighted by Gasteiger charge is -2.01. The molecule has 15 heavy (non-hydrogen) atoms. The van der Waals surface area contributed by atoms with Gasteiger partial charge in [-0.25, -0.2) is 4.98 Å². The van der Waals surface area contributed by atoms with E-state index in [4.69, 9.17) is 0 Å². The molecule has 0 bridgehead atoms. The molecule has 0 fully saturated rings. The highest BCUT2D eigenvalue weighted by molar-refractivity contribution is 7.09. The molecule has 0 atom stereocenters. The van der Waals surface area contributed by atoms with Gasteiger partial charge in [-0.2, -0.15) is 8.75 Å².